The fourth-order valence-electron chi connectivity index (χ4n) is 6.22. The number of para-hydroxylation sites is 2. The Kier molecular flexibility index (Phi) is 5.73. The van der Waals surface area contributed by atoms with Crippen LogP contribution < -0.4 is 15.9 Å². The number of fused-ring (bicyclic) bond motifs is 4. The van der Waals surface area contributed by atoms with Gasteiger partial charge >= 0.3 is 0 Å². The van der Waals surface area contributed by atoms with Gasteiger partial charge in [-0.2, -0.15) is 0 Å². The minimum absolute atomic E-state index is 0.824. The highest BCUT2D eigenvalue weighted by Gasteiger charge is 2.29. The summed E-state index contributed by atoms with van der Waals surface area (Å²) in [5.74, 6) is 0. The lowest BCUT2D eigenvalue weighted by molar-refractivity contribution is 0.592. The third-order valence-corrected chi connectivity index (χ3v) is 11.3. The van der Waals surface area contributed by atoms with Crippen LogP contribution in [-0.4, -0.2) is 9.13 Å². The van der Waals surface area contributed by atoms with Crippen molar-refractivity contribution >= 4 is 55.8 Å². The quantitative estimate of drug-likeness (QED) is 0.195. The maximum Gasteiger partial charge on any atom is 0.171 e. The number of hydrogen-bond acceptors (Lipinski definition) is 1. The molecule has 0 unspecified atom stereocenters. The largest absolute Gasteiger partial charge is 0.316 e. The van der Waals surface area contributed by atoms with Crippen LogP contribution in [0.2, 0.25) is 0 Å². The van der Waals surface area contributed by atoms with Crippen molar-refractivity contribution in [1.82, 2.24) is 9.13 Å². The second-order valence-corrected chi connectivity index (χ2v) is 13.4. The minimum atomic E-state index is -3.05. The van der Waals surface area contributed by atoms with Crippen LogP contribution in [-0.2, 0) is 4.57 Å². The fourth-order valence-corrected chi connectivity index (χ4v) is 8.87. The zero-order valence-electron chi connectivity index (χ0n) is 22.8. The molecule has 6 aromatic carbocycles. The van der Waals surface area contributed by atoms with Crippen molar-refractivity contribution in [2.75, 3.05) is 0 Å². The van der Waals surface area contributed by atoms with Gasteiger partial charge in [-0.05, 0) is 60.7 Å². The number of nitrogens with zero attached hydrogens (tertiary/aromatic N) is 2. The van der Waals surface area contributed by atoms with Crippen molar-refractivity contribution in [1.29, 1.82) is 0 Å². The highest BCUT2D eigenvalue weighted by Crippen LogP contribution is 2.43. The standard InChI is InChI=1S/C38H27N2OP/c41-42(31-14-6-2-7-15-31,32-16-8-3-9-17-32)33-22-20-30(21-23-33)40-36-19-11-10-18-34(36)35-26-28-24-25-39(37(28)27-38(35)40)29-12-4-1-5-13-29/h1-27H. The van der Waals surface area contributed by atoms with Gasteiger partial charge in [-0.1, -0.05) is 97.1 Å². The van der Waals surface area contributed by atoms with Crippen LogP contribution in [0.5, 0.6) is 0 Å². The molecule has 0 saturated heterocycles. The van der Waals surface area contributed by atoms with Crippen LogP contribution in [0.3, 0.4) is 0 Å². The average molecular weight is 559 g/mol. The second kappa shape index (κ2) is 9.76. The van der Waals surface area contributed by atoms with Crippen molar-refractivity contribution in [2.45, 2.75) is 0 Å². The van der Waals surface area contributed by atoms with Gasteiger partial charge in [-0.25, -0.2) is 0 Å². The maximum absolute atomic E-state index is 14.9. The molecule has 3 nitrogen and oxygen atoms in total. The number of aromatic nitrogens is 2. The fraction of sp³-hybridized carbons (Fsp3) is 0. The Labute approximate surface area is 244 Å². The summed E-state index contributed by atoms with van der Waals surface area (Å²) in [6, 6.07) is 53.8. The van der Waals surface area contributed by atoms with Crippen LogP contribution in [0.1, 0.15) is 0 Å². The molecule has 0 aliphatic rings. The van der Waals surface area contributed by atoms with Gasteiger partial charge in [0.2, 0.25) is 0 Å². The van der Waals surface area contributed by atoms with E-state index in [1.807, 2.05) is 78.9 Å². The highest BCUT2D eigenvalue weighted by molar-refractivity contribution is 7.85. The molecule has 0 spiro atoms. The lowest BCUT2D eigenvalue weighted by Gasteiger charge is -2.20. The van der Waals surface area contributed by atoms with E-state index in [1.165, 1.54) is 16.2 Å². The van der Waals surface area contributed by atoms with Gasteiger partial charge in [0.1, 0.15) is 0 Å². The Bertz CT molecular complexity index is 2200. The van der Waals surface area contributed by atoms with E-state index in [0.717, 1.165) is 43.8 Å². The molecule has 4 heteroatoms. The molecule has 0 amide bonds. The van der Waals surface area contributed by atoms with Crippen molar-refractivity contribution < 1.29 is 4.57 Å². The van der Waals surface area contributed by atoms with Crippen LogP contribution >= 0.6 is 7.14 Å². The molecule has 0 fully saturated rings. The molecule has 0 bridgehead atoms. The van der Waals surface area contributed by atoms with Crippen LogP contribution in [0, 0.1) is 0 Å². The first-order valence-corrected chi connectivity index (χ1v) is 15.8. The smallest absolute Gasteiger partial charge is 0.171 e. The van der Waals surface area contributed by atoms with E-state index < -0.39 is 7.14 Å². The summed E-state index contributed by atoms with van der Waals surface area (Å²) in [6.45, 7) is 0. The lowest BCUT2D eigenvalue weighted by atomic mass is 10.1. The van der Waals surface area contributed by atoms with Gasteiger partial charge in [-0.3, -0.25) is 0 Å². The SMILES string of the molecule is O=P(c1ccccc1)(c1ccccc1)c1ccc(-n2c3ccccc3c3cc4ccn(-c5ccccc5)c4cc32)cc1. The molecule has 0 radical (unpaired) electrons. The first-order chi connectivity index (χ1) is 20.7. The first-order valence-electron chi connectivity index (χ1n) is 14.1. The molecule has 200 valence electrons. The Morgan fingerprint density at radius 1 is 0.429 bits per heavy atom. The maximum atomic E-state index is 14.9. The molecule has 2 aromatic heterocycles. The summed E-state index contributed by atoms with van der Waals surface area (Å²) >= 11 is 0. The summed E-state index contributed by atoms with van der Waals surface area (Å²) in [5, 5.41) is 6.13. The molecule has 0 aliphatic carbocycles. The van der Waals surface area contributed by atoms with E-state index in [1.54, 1.807) is 0 Å². The van der Waals surface area contributed by atoms with E-state index in [4.69, 9.17) is 0 Å². The normalized spacial score (nSPS) is 11.9. The third kappa shape index (κ3) is 3.79. The predicted molar refractivity (Wildman–Crippen MR) is 177 cm³/mol. The minimum Gasteiger partial charge on any atom is -0.316 e. The number of benzene rings is 6. The van der Waals surface area contributed by atoms with E-state index in [2.05, 4.69) is 94.2 Å². The van der Waals surface area contributed by atoms with Gasteiger partial charge in [0.15, 0.2) is 7.14 Å². The van der Waals surface area contributed by atoms with Gasteiger partial charge in [0, 0.05) is 49.6 Å². The molecule has 8 aromatic rings. The molecule has 0 saturated carbocycles. The Morgan fingerprint density at radius 2 is 1.00 bits per heavy atom. The first kappa shape index (κ1) is 24.7. The summed E-state index contributed by atoms with van der Waals surface area (Å²) in [5.41, 5.74) is 5.62. The van der Waals surface area contributed by atoms with Gasteiger partial charge in [0.25, 0.3) is 0 Å². The Morgan fingerprint density at radius 3 is 1.67 bits per heavy atom. The van der Waals surface area contributed by atoms with Gasteiger partial charge in [-0.15, -0.1) is 0 Å². The molecule has 0 N–H and O–H groups in total. The topological polar surface area (TPSA) is 26.9 Å². The zero-order valence-corrected chi connectivity index (χ0v) is 23.7. The Balaban J connectivity index is 1.33. The van der Waals surface area contributed by atoms with E-state index in [-0.39, 0.29) is 0 Å². The van der Waals surface area contributed by atoms with Crippen molar-refractivity contribution in [3.8, 4) is 11.4 Å². The molecule has 0 atom stereocenters. The molecule has 8 rings (SSSR count). The zero-order chi connectivity index (χ0) is 28.1. The highest BCUT2D eigenvalue weighted by atomic mass is 31.2. The third-order valence-electron chi connectivity index (χ3n) is 8.23. The van der Waals surface area contributed by atoms with Gasteiger partial charge in [0.05, 0.1) is 16.6 Å². The van der Waals surface area contributed by atoms with Gasteiger partial charge < -0.3 is 13.7 Å². The van der Waals surface area contributed by atoms with Crippen molar-refractivity contribution in [3.63, 3.8) is 0 Å². The lowest BCUT2D eigenvalue weighted by Crippen LogP contribution is -2.24. The molecule has 0 aliphatic heterocycles. The summed E-state index contributed by atoms with van der Waals surface area (Å²) in [7, 11) is -3.05. The van der Waals surface area contributed by atoms with E-state index in [0.29, 0.717) is 0 Å². The second-order valence-electron chi connectivity index (χ2n) is 10.6. The van der Waals surface area contributed by atoms with E-state index in [9.17, 15) is 4.57 Å². The van der Waals surface area contributed by atoms with Crippen molar-refractivity contribution in [3.05, 3.63) is 164 Å². The Hall–Kier alpha value is -5.11. The van der Waals surface area contributed by atoms with Crippen LogP contribution in [0.15, 0.2) is 164 Å². The molecular formula is C38H27N2OP. The molecule has 2 heterocycles. The van der Waals surface area contributed by atoms with E-state index >= 15 is 0 Å². The molecular weight excluding hydrogens is 531 g/mol. The number of rotatable bonds is 5. The summed E-state index contributed by atoms with van der Waals surface area (Å²) < 4.78 is 19.5. The summed E-state index contributed by atoms with van der Waals surface area (Å²) in [6.07, 6.45) is 2.14. The molecule has 42 heavy (non-hydrogen) atoms. The predicted octanol–water partition coefficient (Wildman–Crippen LogP) is 8.37. The summed E-state index contributed by atoms with van der Waals surface area (Å²) in [4.78, 5) is 0. The van der Waals surface area contributed by atoms with Crippen molar-refractivity contribution in [2.24, 2.45) is 0 Å². The average Bonchev–Trinajstić information content (AvgIpc) is 3.63. The number of hydrogen-bond donors (Lipinski definition) is 0. The van der Waals surface area contributed by atoms with Crippen LogP contribution in [0.25, 0.3) is 44.1 Å². The monoisotopic (exact) mass is 558 g/mol. The van der Waals surface area contributed by atoms with Crippen LogP contribution in [0.4, 0.5) is 0 Å².